The molecule has 0 N–H and O–H groups in total. The minimum Gasteiger partial charge on any atom is -0.498 e. The van der Waals surface area contributed by atoms with Crippen molar-refractivity contribution in [2.24, 2.45) is 0 Å². The standard InChI is InChI=1S/C45H41N4S.Pt/c1-44(2,3)32-14-11-13-31(25-32)29-47-30-48(41-20-10-9-19-40(41)47)34-15-12-16-35(27-34)50-36-21-22-38-37-17-7-8-18-39(37)49(42(38)28-36)43-26-33(23-24-46-43)45(4,5)6;/h7-26,30H,29H2,1-6H3;/q-3;. The Hall–Kier alpha value is -4.31. The first-order chi connectivity index (χ1) is 24.0. The fraction of sp³-hybridized carbons (Fsp3) is 0.200. The summed E-state index contributed by atoms with van der Waals surface area (Å²) in [6.45, 7) is 16.5. The summed E-state index contributed by atoms with van der Waals surface area (Å²) < 4.78 is 2.26. The number of aromatic nitrogens is 2. The van der Waals surface area contributed by atoms with Crippen molar-refractivity contribution in [1.82, 2.24) is 9.55 Å². The Morgan fingerprint density at radius 1 is 0.667 bits per heavy atom. The molecule has 0 saturated heterocycles. The first kappa shape index (κ1) is 35.1. The number of pyridine rings is 1. The monoisotopic (exact) mass is 864 g/mol. The van der Waals surface area contributed by atoms with Gasteiger partial charge in [-0.2, -0.15) is 30.9 Å². The van der Waals surface area contributed by atoms with Gasteiger partial charge in [0.2, 0.25) is 0 Å². The first-order valence-electron chi connectivity index (χ1n) is 17.2. The quantitative estimate of drug-likeness (QED) is 0.155. The van der Waals surface area contributed by atoms with Crippen LogP contribution in [0, 0.1) is 18.8 Å². The summed E-state index contributed by atoms with van der Waals surface area (Å²) in [4.78, 5) is 11.5. The van der Waals surface area contributed by atoms with Gasteiger partial charge in [-0.25, -0.2) is 4.98 Å². The predicted molar refractivity (Wildman–Crippen MR) is 210 cm³/mol. The molecule has 0 bridgehead atoms. The van der Waals surface area contributed by atoms with E-state index in [4.69, 9.17) is 4.98 Å². The molecule has 6 heteroatoms. The Morgan fingerprint density at radius 3 is 2.18 bits per heavy atom. The van der Waals surface area contributed by atoms with Crippen molar-refractivity contribution in [3.05, 3.63) is 157 Å². The van der Waals surface area contributed by atoms with Crippen molar-refractivity contribution in [3.63, 3.8) is 0 Å². The predicted octanol–water partition coefficient (Wildman–Crippen LogP) is 11.8. The summed E-state index contributed by atoms with van der Waals surface area (Å²) in [7, 11) is 0. The van der Waals surface area contributed by atoms with Gasteiger partial charge in [0, 0.05) is 50.7 Å². The molecular weight excluding hydrogens is 824 g/mol. The van der Waals surface area contributed by atoms with Crippen molar-refractivity contribution < 1.29 is 21.1 Å². The van der Waals surface area contributed by atoms with Crippen LogP contribution in [0.15, 0.2) is 131 Å². The van der Waals surface area contributed by atoms with E-state index in [0.717, 1.165) is 44.6 Å². The fourth-order valence-electron chi connectivity index (χ4n) is 6.76. The molecule has 0 aliphatic carbocycles. The fourth-order valence-corrected chi connectivity index (χ4v) is 7.58. The molecule has 260 valence electrons. The number of fused-ring (bicyclic) bond motifs is 4. The van der Waals surface area contributed by atoms with Gasteiger partial charge in [0.25, 0.3) is 0 Å². The molecule has 0 saturated carbocycles. The third kappa shape index (κ3) is 6.87. The number of para-hydroxylation sites is 3. The number of rotatable bonds is 6. The molecule has 0 amide bonds. The van der Waals surface area contributed by atoms with E-state index in [0.29, 0.717) is 0 Å². The summed E-state index contributed by atoms with van der Waals surface area (Å²) in [6.07, 6.45) is 1.92. The van der Waals surface area contributed by atoms with Crippen LogP contribution in [-0.2, 0) is 38.4 Å². The second-order valence-electron chi connectivity index (χ2n) is 15.1. The van der Waals surface area contributed by atoms with E-state index in [9.17, 15) is 0 Å². The van der Waals surface area contributed by atoms with E-state index in [1.54, 1.807) is 11.8 Å². The number of benzene rings is 5. The third-order valence-corrected chi connectivity index (χ3v) is 10.4. The maximum atomic E-state index is 4.85. The van der Waals surface area contributed by atoms with E-state index < -0.39 is 0 Å². The Balaban J connectivity index is 0.00000406. The average molecular weight is 865 g/mol. The molecule has 4 nitrogen and oxygen atoms in total. The van der Waals surface area contributed by atoms with Crippen LogP contribution in [0.5, 0.6) is 0 Å². The molecule has 5 aromatic carbocycles. The minimum atomic E-state index is 0. The van der Waals surface area contributed by atoms with Gasteiger partial charge in [0.1, 0.15) is 5.82 Å². The van der Waals surface area contributed by atoms with Crippen LogP contribution < -0.4 is 9.80 Å². The van der Waals surface area contributed by atoms with Crippen LogP contribution in [0.2, 0.25) is 0 Å². The number of nitrogens with zero attached hydrogens (tertiary/aromatic N) is 4. The van der Waals surface area contributed by atoms with Crippen LogP contribution >= 0.6 is 11.8 Å². The molecule has 3 heterocycles. The summed E-state index contributed by atoms with van der Waals surface area (Å²) in [5.41, 5.74) is 9.53. The van der Waals surface area contributed by atoms with Crippen molar-refractivity contribution in [2.45, 2.75) is 68.7 Å². The molecule has 0 fully saturated rings. The molecule has 0 atom stereocenters. The first-order valence-corrected chi connectivity index (χ1v) is 18.1. The molecule has 0 unspecified atom stereocenters. The van der Waals surface area contributed by atoms with Gasteiger partial charge in [-0.15, -0.1) is 50.8 Å². The minimum absolute atomic E-state index is 0. The molecule has 1 aliphatic heterocycles. The van der Waals surface area contributed by atoms with Crippen LogP contribution in [0.25, 0.3) is 27.6 Å². The third-order valence-electron chi connectivity index (χ3n) is 9.48. The second kappa shape index (κ2) is 13.7. The zero-order valence-corrected chi connectivity index (χ0v) is 32.9. The molecule has 8 rings (SSSR count). The molecule has 0 spiro atoms. The summed E-state index contributed by atoms with van der Waals surface area (Å²) in [5, 5.41) is 2.37. The largest absolute Gasteiger partial charge is 0.498 e. The number of anilines is 3. The smallest absolute Gasteiger partial charge is 0.135 e. The maximum Gasteiger partial charge on any atom is 0.135 e. The molecular formula is C45H41N4PtS-3. The van der Waals surface area contributed by atoms with Crippen molar-refractivity contribution in [3.8, 4) is 5.82 Å². The van der Waals surface area contributed by atoms with E-state index in [1.807, 2.05) is 6.20 Å². The van der Waals surface area contributed by atoms with E-state index in [2.05, 4.69) is 190 Å². The Kier molecular flexibility index (Phi) is 9.41. The SMILES string of the molecule is CC(C)(C)c1cccc(CN2[CH-]N(c3[c-]c(Sc4[c-]c5c(cc4)c4ccccc4n5-c4cc(C(C)(C)C)ccn4)ccc3)c3ccccc32)c1.[Pt]. The van der Waals surface area contributed by atoms with Gasteiger partial charge in [0.05, 0.1) is 0 Å². The van der Waals surface area contributed by atoms with Crippen LogP contribution in [0.4, 0.5) is 17.1 Å². The number of hydrogen-bond donors (Lipinski definition) is 0. The van der Waals surface area contributed by atoms with Crippen LogP contribution in [-0.4, -0.2) is 9.55 Å². The van der Waals surface area contributed by atoms with Gasteiger partial charge in [-0.05, 0) is 63.2 Å². The Morgan fingerprint density at radius 2 is 1.37 bits per heavy atom. The van der Waals surface area contributed by atoms with Crippen molar-refractivity contribution in [2.75, 3.05) is 9.80 Å². The number of hydrogen-bond acceptors (Lipinski definition) is 4. The molecule has 1 aliphatic rings. The second-order valence-corrected chi connectivity index (χ2v) is 16.2. The molecule has 2 aromatic heterocycles. The van der Waals surface area contributed by atoms with Crippen LogP contribution in [0.3, 0.4) is 0 Å². The summed E-state index contributed by atoms with van der Waals surface area (Å²) in [5.74, 6) is 0.911. The van der Waals surface area contributed by atoms with Gasteiger partial charge in [0.15, 0.2) is 0 Å². The van der Waals surface area contributed by atoms with Crippen molar-refractivity contribution in [1.29, 1.82) is 0 Å². The topological polar surface area (TPSA) is 24.3 Å². The van der Waals surface area contributed by atoms with E-state index in [-0.39, 0.29) is 31.9 Å². The van der Waals surface area contributed by atoms with E-state index >= 15 is 0 Å². The van der Waals surface area contributed by atoms with Gasteiger partial charge in [-0.1, -0.05) is 102 Å². The van der Waals surface area contributed by atoms with Gasteiger partial charge in [-0.3, -0.25) is 0 Å². The van der Waals surface area contributed by atoms with Crippen LogP contribution in [0.1, 0.15) is 58.2 Å². The zero-order valence-electron chi connectivity index (χ0n) is 29.8. The maximum absolute atomic E-state index is 4.85. The zero-order chi connectivity index (χ0) is 34.6. The van der Waals surface area contributed by atoms with Gasteiger partial charge < -0.3 is 14.4 Å². The van der Waals surface area contributed by atoms with E-state index in [1.165, 1.54) is 33.2 Å². The normalized spacial score (nSPS) is 13.1. The molecule has 7 aromatic rings. The van der Waals surface area contributed by atoms with Crippen molar-refractivity contribution >= 4 is 50.6 Å². The summed E-state index contributed by atoms with van der Waals surface area (Å²) >= 11 is 1.69. The average Bonchev–Trinajstić information content (AvgIpc) is 3.63. The molecule has 51 heavy (non-hydrogen) atoms. The van der Waals surface area contributed by atoms with Gasteiger partial charge >= 0.3 is 0 Å². The Bertz CT molecular complexity index is 2360. The summed E-state index contributed by atoms with van der Waals surface area (Å²) in [6, 6.07) is 48.8. The Labute approximate surface area is 320 Å². The molecule has 0 radical (unpaired) electrons.